The van der Waals surface area contributed by atoms with Gasteiger partial charge in [0.05, 0.1) is 28.9 Å². The van der Waals surface area contributed by atoms with Crippen molar-refractivity contribution in [2.75, 3.05) is 0 Å². The Morgan fingerprint density at radius 1 is 0.679 bits per heavy atom. The highest BCUT2D eigenvalue weighted by Gasteiger charge is 2.35. The van der Waals surface area contributed by atoms with Gasteiger partial charge in [-0.15, -0.1) is 0 Å². The van der Waals surface area contributed by atoms with E-state index in [1.807, 2.05) is 49.4 Å². The van der Waals surface area contributed by atoms with E-state index in [0.29, 0.717) is 17.1 Å². The number of fused-ring (bicyclic) bond motifs is 2. The first-order valence-electron chi connectivity index (χ1n) is 17.3. The van der Waals surface area contributed by atoms with E-state index >= 15 is 0 Å². The van der Waals surface area contributed by atoms with Crippen molar-refractivity contribution in [2.24, 2.45) is 32.9 Å². The fourth-order valence-electron chi connectivity index (χ4n) is 6.55. The molecule has 1 aromatic heterocycles. The monoisotopic (exact) mass is 798 g/mol. The van der Waals surface area contributed by atoms with Gasteiger partial charge in [-0.05, 0) is 107 Å². The van der Waals surface area contributed by atoms with Gasteiger partial charge in [0.2, 0.25) is 0 Å². The first-order chi connectivity index (χ1) is 26.5. The Balaban J connectivity index is 1.13. The number of ketones is 2. The minimum atomic E-state index is -4.78. The number of hydrogen-bond acceptors (Lipinski definition) is 6. The van der Waals surface area contributed by atoms with Gasteiger partial charge in [0.25, 0.3) is 5.95 Å². The van der Waals surface area contributed by atoms with Crippen LogP contribution in [0, 0.1) is 6.92 Å². The first-order valence-corrected chi connectivity index (χ1v) is 18.0. The number of benzene rings is 5. The second-order valence-corrected chi connectivity index (χ2v) is 14.1. The number of carbonyl (C=O) groups is 2. The lowest BCUT2D eigenvalue weighted by Crippen LogP contribution is -2.22. The van der Waals surface area contributed by atoms with Gasteiger partial charge in [-0.3, -0.25) is 9.59 Å². The number of Topliss-reactive ketones (excluding diaryl/α,β-unsaturated/α-hetero) is 2. The Hall–Kier alpha value is -6.05. The maximum absolute atomic E-state index is 14.5. The zero-order valence-electron chi connectivity index (χ0n) is 29.9. The summed E-state index contributed by atoms with van der Waals surface area (Å²) in [5, 5.41) is 2.94. The van der Waals surface area contributed by atoms with Crippen molar-refractivity contribution in [2.45, 2.75) is 45.2 Å². The van der Waals surface area contributed by atoms with Crippen molar-refractivity contribution in [1.82, 2.24) is 9.97 Å². The summed E-state index contributed by atoms with van der Waals surface area (Å²) in [5.74, 6) is -1.29. The number of nitrogens with zero attached hydrogens (tertiary/aromatic N) is 4. The number of aryl methyl sites for hydroxylation is 3. The fourth-order valence-corrected chi connectivity index (χ4v) is 6.89. The van der Waals surface area contributed by atoms with E-state index in [0.717, 1.165) is 39.1 Å². The molecule has 0 fully saturated rings. The van der Waals surface area contributed by atoms with Gasteiger partial charge in [0.15, 0.2) is 11.9 Å². The summed E-state index contributed by atoms with van der Waals surface area (Å²) in [6.45, 7) is 1.96. The molecule has 0 aliphatic rings. The fraction of sp³-hybridized carbons (Fsp3) is 0.171. The molecule has 0 radical (unpaired) electrons. The van der Waals surface area contributed by atoms with Crippen LogP contribution in [0.15, 0.2) is 94.9 Å². The zero-order valence-corrected chi connectivity index (χ0v) is 31.4. The lowest BCUT2D eigenvalue weighted by Gasteiger charge is -2.16. The van der Waals surface area contributed by atoms with Crippen LogP contribution in [0.5, 0.6) is 0 Å². The summed E-state index contributed by atoms with van der Waals surface area (Å²) < 4.78 is 43.5. The number of carbonyl (C=O) groups excluding carboxylic acids is 2. The van der Waals surface area contributed by atoms with Gasteiger partial charge in [-0.2, -0.15) is 18.2 Å². The van der Waals surface area contributed by atoms with Crippen LogP contribution in [0.2, 0.25) is 10.0 Å². The molecule has 8 N–H and O–H groups in total. The van der Waals surface area contributed by atoms with Gasteiger partial charge >= 0.3 is 6.18 Å². The quantitative estimate of drug-likeness (QED) is 0.0537. The maximum Gasteiger partial charge on any atom is 0.417 e. The molecule has 6 rings (SSSR count). The SMILES string of the molecule is Cc1cc(CCC(=O)CC(=O)CCc2ccc(-c3nc(N=C(N)N)nc4ccc(Cl)cc34)c(C(F)(F)F)c2)ccc1-c1cc(N=C(N)N)cc2ccc(Cl)cc12. The largest absolute Gasteiger partial charge is 0.417 e. The van der Waals surface area contributed by atoms with Crippen LogP contribution in [0.4, 0.5) is 24.8 Å². The number of nitrogens with two attached hydrogens (primary N) is 4. The summed E-state index contributed by atoms with van der Waals surface area (Å²) in [5.41, 5.74) is 25.8. The highest BCUT2D eigenvalue weighted by molar-refractivity contribution is 6.32. The molecule has 286 valence electrons. The third-order valence-electron chi connectivity index (χ3n) is 9.04. The van der Waals surface area contributed by atoms with Crippen LogP contribution >= 0.6 is 23.2 Å². The summed E-state index contributed by atoms with van der Waals surface area (Å²) in [4.78, 5) is 42.2. The maximum atomic E-state index is 14.5. The first kappa shape index (κ1) is 39.6. The Labute approximate surface area is 329 Å². The molecular weight excluding hydrogens is 764 g/mol. The highest BCUT2D eigenvalue weighted by atomic mass is 35.5. The number of rotatable bonds is 12. The molecule has 10 nitrogen and oxygen atoms in total. The molecule has 0 unspecified atom stereocenters. The zero-order chi connectivity index (χ0) is 40.3. The minimum absolute atomic E-state index is 0.00396. The van der Waals surface area contributed by atoms with Gasteiger partial charge in [0.1, 0.15) is 11.6 Å². The molecular formula is C41H35Cl2F3N8O2. The second kappa shape index (κ2) is 16.4. The van der Waals surface area contributed by atoms with Gasteiger partial charge < -0.3 is 22.9 Å². The van der Waals surface area contributed by atoms with E-state index in [1.54, 1.807) is 6.07 Å². The third-order valence-corrected chi connectivity index (χ3v) is 9.51. The average molecular weight is 800 g/mol. The van der Waals surface area contributed by atoms with E-state index in [-0.39, 0.29) is 87.9 Å². The number of alkyl halides is 3. The Bertz CT molecular complexity index is 2580. The summed E-state index contributed by atoms with van der Waals surface area (Å²) in [6, 6.07) is 23.4. The van der Waals surface area contributed by atoms with Crippen LogP contribution in [0.3, 0.4) is 0 Å². The molecule has 0 atom stereocenters. The number of guanidine groups is 2. The summed E-state index contributed by atoms with van der Waals surface area (Å²) in [6.07, 6.45) is -4.71. The second-order valence-electron chi connectivity index (χ2n) is 13.2. The predicted molar refractivity (Wildman–Crippen MR) is 216 cm³/mol. The van der Waals surface area contributed by atoms with Crippen molar-refractivity contribution < 1.29 is 22.8 Å². The Morgan fingerprint density at radius 2 is 1.29 bits per heavy atom. The normalized spacial score (nSPS) is 11.5. The van der Waals surface area contributed by atoms with E-state index in [1.165, 1.54) is 30.3 Å². The molecule has 0 saturated heterocycles. The van der Waals surface area contributed by atoms with Gasteiger partial charge in [-0.1, -0.05) is 59.6 Å². The van der Waals surface area contributed by atoms with E-state index in [4.69, 9.17) is 46.1 Å². The van der Waals surface area contributed by atoms with Crippen LogP contribution < -0.4 is 22.9 Å². The molecule has 56 heavy (non-hydrogen) atoms. The molecule has 1 heterocycles. The van der Waals surface area contributed by atoms with Crippen LogP contribution in [-0.2, 0) is 28.6 Å². The van der Waals surface area contributed by atoms with Crippen LogP contribution in [0.25, 0.3) is 44.1 Å². The standard InChI is InChI=1S/C41H35Cl2F3N8O2/c1-21-14-22(4-11-30(21)33-19-27(51-38(47)48)16-24-6-7-25(42)17-32(24)33)2-9-28(55)20-29(56)10-3-23-5-12-31(35(15-23)41(44,45)46)37-34-18-26(43)8-13-36(34)52-40(53-37)54-39(49)50/h4-8,11-19H,2-3,9-10,20H2,1H3,(H4,47,48,51)(H4,49,50,52,53,54). The molecule has 6 aromatic rings. The molecule has 15 heteroatoms. The summed E-state index contributed by atoms with van der Waals surface area (Å²) in [7, 11) is 0. The highest BCUT2D eigenvalue weighted by Crippen LogP contribution is 2.41. The van der Waals surface area contributed by atoms with Crippen molar-refractivity contribution in [3.63, 3.8) is 0 Å². The minimum Gasteiger partial charge on any atom is -0.370 e. The van der Waals surface area contributed by atoms with Crippen molar-refractivity contribution in [1.29, 1.82) is 0 Å². The van der Waals surface area contributed by atoms with E-state index < -0.39 is 11.7 Å². The van der Waals surface area contributed by atoms with Crippen molar-refractivity contribution in [3.05, 3.63) is 117 Å². The molecule has 0 spiro atoms. The average Bonchev–Trinajstić information content (AvgIpc) is 3.12. The van der Waals surface area contributed by atoms with E-state index in [9.17, 15) is 22.8 Å². The number of aliphatic imine (C=N–C) groups is 2. The van der Waals surface area contributed by atoms with E-state index in [2.05, 4.69) is 20.0 Å². The molecule has 5 aromatic carbocycles. The molecule has 0 amide bonds. The number of halogens is 5. The number of aromatic nitrogens is 2. The lowest BCUT2D eigenvalue weighted by molar-refractivity contribution is -0.137. The van der Waals surface area contributed by atoms with Crippen molar-refractivity contribution >= 4 is 80.0 Å². The smallest absolute Gasteiger partial charge is 0.370 e. The Morgan fingerprint density at radius 3 is 1.91 bits per heavy atom. The van der Waals surface area contributed by atoms with Gasteiger partial charge in [0, 0.05) is 33.8 Å². The molecule has 0 bridgehead atoms. The third kappa shape index (κ3) is 9.42. The molecule has 0 aliphatic heterocycles. The summed E-state index contributed by atoms with van der Waals surface area (Å²) >= 11 is 12.5. The topological polar surface area (TPSA) is 189 Å². The lowest BCUT2D eigenvalue weighted by atomic mass is 9.92. The van der Waals surface area contributed by atoms with Crippen LogP contribution in [-0.4, -0.2) is 33.5 Å². The number of hydrogen-bond donors (Lipinski definition) is 4. The van der Waals surface area contributed by atoms with Gasteiger partial charge in [-0.25, -0.2) is 15.0 Å². The van der Waals surface area contributed by atoms with Crippen LogP contribution in [0.1, 0.15) is 41.5 Å². The molecule has 0 saturated carbocycles. The Kier molecular flexibility index (Phi) is 11.6. The molecule has 0 aliphatic carbocycles. The predicted octanol–water partition coefficient (Wildman–Crippen LogP) is 8.65. The van der Waals surface area contributed by atoms with Crippen molar-refractivity contribution in [3.8, 4) is 22.4 Å².